The lowest BCUT2D eigenvalue weighted by Gasteiger charge is -2.06. The monoisotopic (exact) mass is 171 g/mol. The highest BCUT2D eigenvalue weighted by Crippen LogP contribution is 2.18. The zero-order valence-corrected chi connectivity index (χ0v) is 7.94. The van der Waals surface area contributed by atoms with Gasteiger partial charge in [-0.1, -0.05) is 0 Å². The van der Waals surface area contributed by atoms with E-state index in [2.05, 4.69) is 6.26 Å². The largest absolute Gasteiger partial charge is 0.445 e. The van der Waals surface area contributed by atoms with Gasteiger partial charge >= 0.3 is 0 Å². The minimum Gasteiger partial charge on any atom is -0.445 e. The van der Waals surface area contributed by atoms with E-state index >= 15 is 0 Å². The summed E-state index contributed by atoms with van der Waals surface area (Å²) in [5.41, 5.74) is 0. The standard InChI is InChI=1S/C8H13NOS/c1-9(2)8-5-4-7(10-8)6-11-3/h4-5H,6H2,1-3H3. The molecule has 0 aliphatic carbocycles. The summed E-state index contributed by atoms with van der Waals surface area (Å²) in [6.45, 7) is 0. The van der Waals surface area contributed by atoms with Gasteiger partial charge in [-0.25, -0.2) is 0 Å². The predicted molar refractivity (Wildman–Crippen MR) is 50.3 cm³/mol. The van der Waals surface area contributed by atoms with Gasteiger partial charge in [-0.05, 0) is 12.3 Å². The first-order valence-corrected chi connectivity index (χ1v) is 4.88. The molecule has 1 aromatic rings. The summed E-state index contributed by atoms with van der Waals surface area (Å²) in [5.74, 6) is 2.92. The number of nitrogens with zero attached hydrogens (tertiary/aromatic N) is 1. The molecule has 1 heterocycles. The molecule has 2 nitrogen and oxygen atoms in total. The summed E-state index contributed by atoms with van der Waals surface area (Å²) >= 11 is 1.77. The smallest absolute Gasteiger partial charge is 0.195 e. The molecule has 0 aliphatic heterocycles. The van der Waals surface area contributed by atoms with Crippen LogP contribution in [0.5, 0.6) is 0 Å². The van der Waals surface area contributed by atoms with E-state index in [1.54, 1.807) is 11.8 Å². The molecule has 0 unspecified atom stereocenters. The van der Waals surface area contributed by atoms with Crippen LogP contribution >= 0.6 is 11.8 Å². The van der Waals surface area contributed by atoms with Crippen molar-refractivity contribution in [3.8, 4) is 0 Å². The molecule has 0 aliphatic rings. The van der Waals surface area contributed by atoms with Gasteiger partial charge in [0.2, 0.25) is 0 Å². The Morgan fingerprint density at radius 3 is 2.64 bits per heavy atom. The lowest BCUT2D eigenvalue weighted by atomic mass is 10.5. The quantitative estimate of drug-likeness (QED) is 0.693. The summed E-state index contributed by atoms with van der Waals surface area (Å²) in [6.07, 6.45) is 2.07. The lowest BCUT2D eigenvalue weighted by molar-refractivity contribution is 0.530. The van der Waals surface area contributed by atoms with Gasteiger partial charge in [0, 0.05) is 20.2 Å². The SMILES string of the molecule is CSCc1ccc(N(C)C)o1. The highest BCUT2D eigenvalue weighted by Gasteiger charge is 2.01. The van der Waals surface area contributed by atoms with Crippen molar-refractivity contribution < 1.29 is 4.42 Å². The van der Waals surface area contributed by atoms with Gasteiger partial charge in [0.15, 0.2) is 5.88 Å². The molecular weight excluding hydrogens is 158 g/mol. The van der Waals surface area contributed by atoms with Crippen LogP contribution in [0.1, 0.15) is 5.76 Å². The van der Waals surface area contributed by atoms with Crippen LogP contribution < -0.4 is 4.90 Å². The van der Waals surface area contributed by atoms with Crippen LogP contribution in [0, 0.1) is 0 Å². The first-order valence-electron chi connectivity index (χ1n) is 3.49. The molecule has 62 valence electrons. The van der Waals surface area contributed by atoms with Crippen molar-refractivity contribution in [3.63, 3.8) is 0 Å². The molecule has 0 radical (unpaired) electrons. The van der Waals surface area contributed by atoms with Crippen LogP contribution in [0.25, 0.3) is 0 Å². The van der Waals surface area contributed by atoms with Crippen molar-refractivity contribution in [2.24, 2.45) is 0 Å². The third-order valence-electron chi connectivity index (χ3n) is 1.37. The fourth-order valence-corrected chi connectivity index (χ4v) is 1.27. The van der Waals surface area contributed by atoms with Crippen LogP contribution in [-0.2, 0) is 5.75 Å². The number of rotatable bonds is 3. The minimum atomic E-state index is 0.925. The van der Waals surface area contributed by atoms with Gasteiger partial charge in [0.05, 0.1) is 5.75 Å². The van der Waals surface area contributed by atoms with E-state index in [-0.39, 0.29) is 0 Å². The Hall–Kier alpha value is -0.570. The molecule has 11 heavy (non-hydrogen) atoms. The van der Waals surface area contributed by atoms with Crippen molar-refractivity contribution in [2.45, 2.75) is 5.75 Å². The molecule has 0 atom stereocenters. The average Bonchev–Trinajstić information content (AvgIpc) is 2.37. The topological polar surface area (TPSA) is 16.4 Å². The molecule has 0 N–H and O–H groups in total. The summed E-state index contributed by atoms with van der Waals surface area (Å²) in [7, 11) is 3.95. The van der Waals surface area contributed by atoms with E-state index < -0.39 is 0 Å². The zero-order chi connectivity index (χ0) is 8.27. The van der Waals surface area contributed by atoms with Gasteiger partial charge in [0.1, 0.15) is 5.76 Å². The molecular formula is C8H13NOS. The van der Waals surface area contributed by atoms with Crippen LogP contribution in [0.4, 0.5) is 5.88 Å². The third-order valence-corrected chi connectivity index (χ3v) is 1.95. The van der Waals surface area contributed by atoms with Crippen LogP contribution in [0.2, 0.25) is 0 Å². The molecule has 0 bridgehead atoms. The molecule has 0 saturated heterocycles. The Labute approximate surface area is 71.6 Å². The fourth-order valence-electron chi connectivity index (χ4n) is 0.827. The predicted octanol–water partition coefficient (Wildman–Crippen LogP) is 2.21. The van der Waals surface area contributed by atoms with Gasteiger partial charge < -0.3 is 9.32 Å². The molecule has 0 spiro atoms. The van der Waals surface area contributed by atoms with Crippen LogP contribution in [0.15, 0.2) is 16.5 Å². The first-order chi connectivity index (χ1) is 5.24. The Morgan fingerprint density at radius 1 is 1.45 bits per heavy atom. The molecule has 3 heteroatoms. The maximum atomic E-state index is 5.49. The van der Waals surface area contributed by atoms with Gasteiger partial charge in [-0.15, -0.1) is 0 Å². The molecule has 0 aromatic carbocycles. The van der Waals surface area contributed by atoms with E-state index in [0.717, 1.165) is 17.4 Å². The van der Waals surface area contributed by atoms with E-state index in [1.165, 1.54) is 0 Å². The lowest BCUT2D eigenvalue weighted by Crippen LogP contribution is -2.06. The second kappa shape index (κ2) is 3.72. The van der Waals surface area contributed by atoms with Gasteiger partial charge in [-0.2, -0.15) is 11.8 Å². The van der Waals surface area contributed by atoms with E-state index in [9.17, 15) is 0 Å². The first kappa shape index (κ1) is 8.53. The van der Waals surface area contributed by atoms with Crippen LogP contribution in [-0.4, -0.2) is 20.4 Å². The number of hydrogen-bond acceptors (Lipinski definition) is 3. The Balaban J connectivity index is 2.66. The van der Waals surface area contributed by atoms with Gasteiger partial charge in [-0.3, -0.25) is 0 Å². The van der Waals surface area contributed by atoms with E-state index in [1.807, 2.05) is 31.1 Å². The summed E-state index contributed by atoms with van der Waals surface area (Å²) in [5, 5.41) is 0. The number of anilines is 1. The minimum absolute atomic E-state index is 0.925. The Morgan fingerprint density at radius 2 is 2.18 bits per heavy atom. The highest BCUT2D eigenvalue weighted by atomic mass is 32.2. The maximum Gasteiger partial charge on any atom is 0.195 e. The van der Waals surface area contributed by atoms with E-state index in [4.69, 9.17) is 4.42 Å². The van der Waals surface area contributed by atoms with E-state index in [0.29, 0.717) is 0 Å². The van der Waals surface area contributed by atoms with Crippen molar-refractivity contribution >= 4 is 17.6 Å². The second-order valence-electron chi connectivity index (χ2n) is 2.57. The number of thioether (sulfide) groups is 1. The summed E-state index contributed by atoms with van der Waals surface area (Å²) < 4.78 is 5.49. The Kier molecular flexibility index (Phi) is 2.88. The molecule has 0 fully saturated rings. The van der Waals surface area contributed by atoms with Crippen molar-refractivity contribution in [1.82, 2.24) is 0 Å². The Bertz CT molecular complexity index is 220. The third kappa shape index (κ3) is 2.19. The molecule has 0 saturated carbocycles. The normalized spacial score (nSPS) is 10.1. The second-order valence-corrected chi connectivity index (χ2v) is 3.43. The highest BCUT2D eigenvalue weighted by molar-refractivity contribution is 7.97. The summed E-state index contributed by atoms with van der Waals surface area (Å²) in [6, 6.07) is 4.01. The van der Waals surface area contributed by atoms with Gasteiger partial charge in [0.25, 0.3) is 0 Å². The molecule has 1 rings (SSSR count). The maximum absolute atomic E-state index is 5.49. The molecule has 0 amide bonds. The van der Waals surface area contributed by atoms with Crippen molar-refractivity contribution in [1.29, 1.82) is 0 Å². The number of hydrogen-bond donors (Lipinski definition) is 0. The fraction of sp³-hybridized carbons (Fsp3) is 0.500. The van der Waals surface area contributed by atoms with Crippen molar-refractivity contribution in [3.05, 3.63) is 17.9 Å². The van der Waals surface area contributed by atoms with Crippen molar-refractivity contribution in [2.75, 3.05) is 25.3 Å². The average molecular weight is 171 g/mol. The number of furan rings is 1. The zero-order valence-electron chi connectivity index (χ0n) is 7.13. The molecule has 1 aromatic heterocycles. The summed E-state index contributed by atoms with van der Waals surface area (Å²) in [4.78, 5) is 1.96. The van der Waals surface area contributed by atoms with Crippen LogP contribution in [0.3, 0.4) is 0 Å².